The molecule has 2 fully saturated rings. The largest absolute Gasteiger partial charge is 0.317 e. The first-order valence-corrected chi connectivity index (χ1v) is 7.75. The fraction of sp³-hybridized carbons (Fsp3) is 1.00. The minimum absolute atomic E-state index is 0.577. The van der Waals surface area contributed by atoms with Crippen molar-refractivity contribution in [1.82, 2.24) is 5.32 Å². The highest BCUT2D eigenvalue weighted by atomic mass is 14.9. The van der Waals surface area contributed by atoms with E-state index in [2.05, 4.69) is 33.0 Å². The molecule has 0 amide bonds. The second-order valence-corrected chi connectivity index (χ2v) is 7.19. The summed E-state index contributed by atoms with van der Waals surface area (Å²) < 4.78 is 0. The van der Waals surface area contributed by atoms with Gasteiger partial charge in [0, 0.05) is 0 Å². The Kier molecular flexibility index (Phi) is 3.87. The molecule has 2 aliphatic carbocycles. The van der Waals surface area contributed by atoms with Gasteiger partial charge in [-0.2, -0.15) is 0 Å². The Bertz CT molecular complexity index is 248. The van der Waals surface area contributed by atoms with Gasteiger partial charge < -0.3 is 5.32 Å². The van der Waals surface area contributed by atoms with Crippen molar-refractivity contribution in [2.45, 2.75) is 66.2 Å². The smallest absolute Gasteiger partial charge is 0.00151 e. The van der Waals surface area contributed by atoms with E-state index in [1.807, 2.05) is 0 Å². The van der Waals surface area contributed by atoms with Gasteiger partial charge in [0.25, 0.3) is 0 Å². The second kappa shape index (κ2) is 4.91. The van der Waals surface area contributed by atoms with Crippen molar-refractivity contribution in [3.63, 3.8) is 0 Å². The lowest BCUT2D eigenvalue weighted by atomic mass is 9.66. The van der Waals surface area contributed by atoms with Crippen molar-refractivity contribution < 1.29 is 0 Å². The van der Waals surface area contributed by atoms with Crippen LogP contribution in [0.3, 0.4) is 0 Å². The number of rotatable bonds is 5. The molecule has 0 aliphatic heterocycles. The Morgan fingerprint density at radius 2 is 1.82 bits per heavy atom. The van der Waals surface area contributed by atoms with Crippen LogP contribution in [-0.4, -0.2) is 13.1 Å². The molecule has 2 aliphatic rings. The molecule has 0 saturated heterocycles. The Hall–Kier alpha value is -0.0400. The Morgan fingerprint density at radius 1 is 1.18 bits per heavy atom. The monoisotopic (exact) mass is 237 g/mol. The van der Waals surface area contributed by atoms with Crippen molar-refractivity contribution in [3.8, 4) is 0 Å². The summed E-state index contributed by atoms with van der Waals surface area (Å²) in [5.41, 5.74) is 1.36. The van der Waals surface area contributed by atoms with Crippen LogP contribution in [0.25, 0.3) is 0 Å². The van der Waals surface area contributed by atoms with Gasteiger partial charge in [0.2, 0.25) is 0 Å². The van der Waals surface area contributed by atoms with Crippen molar-refractivity contribution in [3.05, 3.63) is 0 Å². The van der Waals surface area contributed by atoms with E-state index in [-0.39, 0.29) is 0 Å². The zero-order valence-corrected chi connectivity index (χ0v) is 12.3. The third kappa shape index (κ3) is 2.70. The van der Waals surface area contributed by atoms with E-state index < -0.39 is 0 Å². The topological polar surface area (TPSA) is 12.0 Å². The molecule has 1 nitrogen and oxygen atoms in total. The van der Waals surface area contributed by atoms with Crippen LogP contribution in [0.15, 0.2) is 0 Å². The SMILES string of the molecule is CCNCC1CC12CCC(C(C)(C)CC)CC2. The molecule has 1 spiro atoms. The van der Waals surface area contributed by atoms with Gasteiger partial charge in [0.05, 0.1) is 0 Å². The number of hydrogen-bond donors (Lipinski definition) is 1. The fourth-order valence-electron chi connectivity index (χ4n) is 3.91. The fourth-order valence-corrected chi connectivity index (χ4v) is 3.91. The summed E-state index contributed by atoms with van der Waals surface area (Å²) in [5.74, 6) is 1.99. The standard InChI is InChI=1S/C16H31N/c1-5-15(3,4)13-7-9-16(10-8-13)11-14(16)12-17-6-2/h13-14,17H,5-12H2,1-4H3. The summed E-state index contributed by atoms with van der Waals surface area (Å²) in [4.78, 5) is 0. The van der Waals surface area contributed by atoms with E-state index in [0.717, 1.165) is 23.8 Å². The number of hydrogen-bond acceptors (Lipinski definition) is 1. The molecule has 1 atom stereocenters. The minimum atomic E-state index is 0.577. The molecule has 1 unspecified atom stereocenters. The van der Waals surface area contributed by atoms with Crippen molar-refractivity contribution >= 4 is 0 Å². The van der Waals surface area contributed by atoms with Crippen LogP contribution in [0.4, 0.5) is 0 Å². The Morgan fingerprint density at radius 3 is 2.35 bits per heavy atom. The third-order valence-electron chi connectivity index (χ3n) is 6.00. The summed E-state index contributed by atoms with van der Waals surface area (Å²) >= 11 is 0. The molecular formula is C16H31N. The van der Waals surface area contributed by atoms with Crippen LogP contribution in [0, 0.1) is 22.7 Å². The maximum absolute atomic E-state index is 3.53. The van der Waals surface area contributed by atoms with E-state index in [0.29, 0.717) is 5.41 Å². The molecule has 1 N–H and O–H groups in total. The van der Waals surface area contributed by atoms with Gasteiger partial charge in [0.15, 0.2) is 0 Å². The summed E-state index contributed by atoms with van der Waals surface area (Å²) in [7, 11) is 0. The van der Waals surface area contributed by atoms with Crippen LogP contribution < -0.4 is 5.32 Å². The van der Waals surface area contributed by atoms with Gasteiger partial charge >= 0.3 is 0 Å². The van der Waals surface area contributed by atoms with E-state index >= 15 is 0 Å². The van der Waals surface area contributed by atoms with Gasteiger partial charge in [0.1, 0.15) is 0 Å². The summed E-state index contributed by atoms with van der Waals surface area (Å²) in [6.07, 6.45) is 8.85. The quantitative estimate of drug-likeness (QED) is 0.754. The van der Waals surface area contributed by atoms with Gasteiger partial charge in [-0.3, -0.25) is 0 Å². The predicted octanol–water partition coefficient (Wildman–Crippen LogP) is 4.23. The van der Waals surface area contributed by atoms with E-state index in [9.17, 15) is 0 Å². The molecule has 0 aromatic heterocycles. The Labute approximate surface area is 108 Å². The first-order valence-electron chi connectivity index (χ1n) is 7.75. The molecule has 0 aromatic rings. The van der Waals surface area contributed by atoms with E-state index in [4.69, 9.17) is 0 Å². The van der Waals surface area contributed by atoms with Gasteiger partial charge in [-0.15, -0.1) is 0 Å². The lowest BCUT2D eigenvalue weighted by Crippen LogP contribution is -2.30. The molecule has 17 heavy (non-hydrogen) atoms. The lowest BCUT2D eigenvalue weighted by Gasteiger charge is -2.39. The highest BCUT2D eigenvalue weighted by Crippen LogP contribution is 2.63. The van der Waals surface area contributed by atoms with Crippen LogP contribution in [0.1, 0.15) is 66.2 Å². The van der Waals surface area contributed by atoms with Crippen LogP contribution in [-0.2, 0) is 0 Å². The summed E-state index contributed by atoms with van der Waals surface area (Å²) in [5, 5.41) is 3.53. The molecule has 2 rings (SSSR count). The molecule has 0 radical (unpaired) electrons. The molecular weight excluding hydrogens is 206 g/mol. The second-order valence-electron chi connectivity index (χ2n) is 7.19. The summed E-state index contributed by atoms with van der Waals surface area (Å²) in [6, 6.07) is 0. The molecule has 100 valence electrons. The zero-order valence-electron chi connectivity index (χ0n) is 12.3. The first-order chi connectivity index (χ1) is 8.04. The van der Waals surface area contributed by atoms with Gasteiger partial charge in [-0.05, 0) is 67.9 Å². The molecule has 1 heteroatoms. The van der Waals surface area contributed by atoms with Crippen molar-refractivity contribution in [2.24, 2.45) is 22.7 Å². The van der Waals surface area contributed by atoms with Crippen LogP contribution in [0.2, 0.25) is 0 Å². The zero-order chi connectivity index (χ0) is 12.5. The highest BCUT2D eigenvalue weighted by molar-refractivity contribution is 5.05. The van der Waals surface area contributed by atoms with Gasteiger partial charge in [-0.25, -0.2) is 0 Å². The van der Waals surface area contributed by atoms with Gasteiger partial charge in [-0.1, -0.05) is 34.1 Å². The predicted molar refractivity (Wildman–Crippen MR) is 75.1 cm³/mol. The third-order valence-corrected chi connectivity index (χ3v) is 6.00. The summed E-state index contributed by atoms with van der Waals surface area (Å²) in [6.45, 7) is 11.9. The molecule has 2 saturated carbocycles. The number of nitrogens with one attached hydrogen (secondary N) is 1. The maximum Gasteiger partial charge on any atom is -0.00151 e. The lowest BCUT2D eigenvalue weighted by molar-refractivity contribution is 0.115. The highest BCUT2D eigenvalue weighted by Gasteiger charge is 2.54. The van der Waals surface area contributed by atoms with E-state index in [1.54, 1.807) is 0 Å². The average Bonchev–Trinajstić information content (AvgIpc) is 3.00. The first kappa shape index (κ1) is 13.4. The van der Waals surface area contributed by atoms with Crippen molar-refractivity contribution in [1.29, 1.82) is 0 Å². The normalized spacial score (nSPS) is 37.4. The average molecular weight is 237 g/mol. The van der Waals surface area contributed by atoms with Crippen molar-refractivity contribution in [2.75, 3.05) is 13.1 Å². The Balaban J connectivity index is 1.80. The molecule has 0 heterocycles. The van der Waals surface area contributed by atoms with E-state index in [1.165, 1.54) is 45.1 Å². The maximum atomic E-state index is 3.53. The van der Waals surface area contributed by atoms with Crippen LogP contribution in [0.5, 0.6) is 0 Å². The molecule has 0 bridgehead atoms. The van der Waals surface area contributed by atoms with Crippen LogP contribution >= 0.6 is 0 Å². The minimum Gasteiger partial charge on any atom is -0.317 e. The molecule has 0 aromatic carbocycles.